The number of halogens is 1. The van der Waals surface area contributed by atoms with Gasteiger partial charge in [0.25, 0.3) is 0 Å². The lowest BCUT2D eigenvalue weighted by molar-refractivity contribution is 0.223. The highest BCUT2D eigenvalue weighted by atomic mass is 127. The number of rotatable bonds is 9. The van der Waals surface area contributed by atoms with E-state index in [1.807, 2.05) is 18.3 Å². The number of aliphatic imine (C=N–C) groups is 1. The van der Waals surface area contributed by atoms with Crippen molar-refractivity contribution in [3.05, 3.63) is 23.9 Å². The molecule has 1 saturated carbocycles. The third kappa shape index (κ3) is 6.76. The number of nitrogens with zero attached hydrogens (tertiary/aromatic N) is 4. The molecule has 0 aromatic carbocycles. The fraction of sp³-hybridized carbons (Fsp3) is 0.714. The number of aromatic nitrogens is 1. The number of nitrogens with one attached hydrogen (secondary N) is 1. The van der Waals surface area contributed by atoms with Crippen LogP contribution < -0.4 is 10.1 Å². The normalized spacial score (nSPS) is 19.6. The first-order chi connectivity index (χ1) is 13.2. The highest BCUT2D eigenvalue weighted by Crippen LogP contribution is 2.29. The van der Waals surface area contributed by atoms with E-state index >= 15 is 0 Å². The van der Waals surface area contributed by atoms with Gasteiger partial charge in [0.15, 0.2) is 5.96 Å². The summed E-state index contributed by atoms with van der Waals surface area (Å²) in [4.78, 5) is 14.2. The fourth-order valence-electron chi connectivity index (χ4n) is 3.68. The van der Waals surface area contributed by atoms with Crippen LogP contribution in [0.2, 0.25) is 0 Å². The van der Waals surface area contributed by atoms with Crippen LogP contribution in [0.25, 0.3) is 0 Å². The van der Waals surface area contributed by atoms with Gasteiger partial charge in [0.2, 0.25) is 5.88 Å². The van der Waals surface area contributed by atoms with Crippen molar-refractivity contribution in [3.8, 4) is 5.88 Å². The molecule has 2 fully saturated rings. The van der Waals surface area contributed by atoms with Crippen molar-refractivity contribution >= 4 is 29.9 Å². The van der Waals surface area contributed by atoms with Gasteiger partial charge in [0, 0.05) is 37.9 Å². The van der Waals surface area contributed by atoms with Crippen molar-refractivity contribution in [2.24, 2.45) is 10.9 Å². The molecule has 1 N–H and O–H groups in total. The fourth-order valence-corrected chi connectivity index (χ4v) is 3.68. The Bertz CT molecular complexity index is 619. The van der Waals surface area contributed by atoms with Crippen LogP contribution in [0, 0.1) is 5.92 Å². The molecule has 1 saturated heterocycles. The number of ether oxygens (including phenoxy) is 1. The van der Waals surface area contributed by atoms with E-state index in [4.69, 9.17) is 9.73 Å². The first-order valence-electron chi connectivity index (χ1n) is 10.6. The van der Waals surface area contributed by atoms with E-state index in [9.17, 15) is 0 Å². The topological polar surface area (TPSA) is 53.0 Å². The Morgan fingerprint density at radius 3 is 2.75 bits per heavy atom. The molecule has 0 amide bonds. The van der Waals surface area contributed by atoms with Gasteiger partial charge in [-0.25, -0.2) is 9.98 Å². The molecule has 1 aliphatic heterocycles. The van der Waals surface area contributed by atoms with Crippen LogP contribution in [0.3, 0.4) is 0 Å². The van der Waals surface area contributed by atoms with Gasteiger partial charge in [-0.1, -0.05) is 13.8 Å². The van der Waals surface area contributed by atoms with Gasteiger partial charge < -0.3 is 15.0 Å². The Labute approximate surface area is 187 Å². The van der Waals surface area contributed by atoms with Crippen molar-refractivity contribution in [3.63, 3.8) is 0 Å². The summed E-state index contributed by atoms with van der Waals surface area (Å²) in [6, 6.07) is 4.69. The summed E-state index contributed by atoms with van der Waals surface area (Å²) in [6.45, 7) is 13.3. The Balaban J connectivity index is 0.00000280. The Kier molecular flexibility index (Phi) is 9.77. The number of hydrogen-bond donors (Lipinski definition) is 1. The van der Waals surface area contributed by atoms with Gasteiger partial charge in [0.05, 0.1) is 13.2 Å². The molecule has 1 aliphatic carbocycles. The minimum absolute atomic E-state index is 0. The molecule has 0 radical (unpaired) electrons. The van der Waals surface area contributed by atoms with Gasteiger partial charge in [-0.2, -0.15) is 0 Å². The molecule has 1 aromatic rings. The summed E-state index contributed by atoms with van der Waals surface area (Å²) in [5.74, 6) is 2.48. The zero-order valence-corrected chi connectivity index (χ0v) is 19.9. The number of likely N-dealkylation sites (tertiary alicyclic amines) is 1. The van der Waals surface area contributed by atoms with Gasteiger partial charge >= 0.3 is 0 Å². The second-order valence-corrected chi connectivity index (χ2v) is 7.54. The van der Waals surface area contributed by atoms with Crippen LogP contribution in [0.1, 0.15) is 45.6 Å². The summed E-state index contributed by atoms with van der Waals surface area (Å²) in [5.41, 5.74) is 1.14. The molecular weight excluding hydrogens is 465 g/mol. The zero-order chi connectivity index (χ0) is 19.1. The lowest BCUT2D eigenvalue weighted by Crippen LogP contribution is -2.43. The first kappa shape index (κ1) is 23.2. The molecule has 3 rings (SSSR count). The lowest BCUT2D eigenvalue weighted by Gasteiger charge is -2.27. The largest absolute Gasteiger partial charge is 0.477 e. The standard InChI is InChI=1S/C21H35N5O.HI/c1-4-22-21(26-12-10-19(15-26)25(5-2)6-3)24-14-18-9-11-23-20(13-18)27-16-17-7-8-17;/h9,11,13,17,19H,4-8,10,12,14-16H2,1-3H3,(H,22,24);1H. The quantitative estimate of drug-likeness (QED) is 0.320. The Hall–Kier alpha value is -1.09. The molecular formula is C21H36IN5O. The van der Waals surface area contributed by atoms with Crippen LogP contribution in [-0.4, -0.2) is 66.1 Å². The van der Waals surface area contributed by atoms with E-state index in [0.717, 1.165) is 62.7 Å². The average molecular weight is 501 g/mol. The van der Waals surface area contributed by atoms with E-state index in [-0.39, 0.29) is 24.0 Å². The predicted octanol–water partition coefficient (Wildman–Crippen LogP) is 3.37. The maximum Gasteiger partial charge on any atom is 0.213 e. The van der Waals surface area contributed by atoms with Crippen LogP contribution in [-0.2, 0) is 6.54 Å². The summed E-state index contributed by atoms with van der Waals surface area (Å²) in [7, 11) is 0. The highest BCUT2D eigenvalue weighted by molar-refractivity contribution is 14.0. The summed E-state index contributed by atoms with van der Waals surface area (Å²) >= 11 is 0. The SMILES string of the molecule is CCNC(=NCc1ccnc(OCC2CC2)c1)N1CCC(N(CC)CC)C1.I. The predicted molar refractivity (Wildman–Crippen MR) is 126 cm³/mol. The number of likely N-dealkylation sites (N-methyl/N-ethyl adjacent to an activating group) is 1. The molecule has 0 bridgehead atoms. The number of guanidine groups is 1. The maximum absolute atomic E-state index is 5.80. The second kappa shape index (κ2) is 11.8. The average Bonchev–Trinajstić information content (AvgIpc) is 3.41. The minimum Gasteiger partial charge on any atom is -0.477 e. The molecule has 2 aliphatic rings. The third-order valence-electron chi connectivity index (χ3n) is 5.50. The van der Waals surface area contributed by atoms with Gasteiger partial charge in [-0.3, -0.25) is 4.90 Å². The van der Waals surface area contributed by atoms with Crippen LogP contribution in [0.15, 0.2) is 23.3 Å². The molecule has 1 aromatic heterocycles. The molecule has 1 atom stereocenters. The summed E-state index contributed by atoms with van der Waals surface area (Å²) < 4.78 is 5.80. The van der Waals surface area contributed by atoms with E-state index in [2.05, 4.69) is 40.9 Å². The monoisotopic (exact) mass is 501 g/mol. The molecule has 7 heteroatoms. The highest BCUT2D eigenvalue weighted by Gasteiger charge is 2.28. The summed E-state index contributed by atoms with van der Waals surface area (Å²) in [6.07, 6.45) is 5.62. The van der Waals surface area contributed by atoms with E-state index in [0.29, 0.717) is 12.6 Å². The molecule has 158 valence electrons. The molecule has 1 unspecified atom stereocenters. The molecule has 6 nitrogen and oxygen atoms in total. The molecule has 28 heavy (non-hydrogen) atoms. The van der Waals surface area contributed by atoms with Crippen molar-refractivity contribution in [2.75, 3.05) is 39.3 Å². The van der Waals surface area contributed by atoms with Crippen molar-refractivity contribution in [2.45, 2.75) is 52.6 Å². The number of pyridine rings is 1. The number of hydrogen-bond acceptors (Lipinski definition) is 4. The van der Waals surface area contributed by atoms with Crippen molar-refractivity contribution < 1.29 is 4.74 Å². The van der Waals surface area contributed by atoms with E-state index < -0.39 is 0 Å². The first-order valence-corrected chi connectivity index (χ1v) is 10.6. The van der Waals surface area contributed by atoms with Gasteiger partial charge in [0.1, 0.15) is 0 Å². The van der Waals surface area contributed by atoms with Crippen LogP contribution in [0.4, 0.5) is 0 Å². The zero-order valence-electron chi connectivity index (χ0n) is 17.6. The van der Waals surface area contributed by atoms with Crippen molar-refractivity contribution in [1.29, 1.82) is 0 Å². The summed E-state index contributed by atoms with van der Waals surface area (Å²) in [5, 5.41) is 3.46. The maximum atomic E-state index is 5.80. The van der Waals surface area contributed by atoms with Gasteiger partial charge in [-0.05, 0) is 56.8 Å². The van der Waals surface area contributed by atoms with Crippen molar-refractivity contribution in [1.82, 2.24) is 20.1 Å². The Morgan fingerprint density at radius 1 is 1.29 bits per heavy atom. The molecule has 0 spiro atoms. The van der Waals surface area contributed by atoms with E-state index in [1.165, 1.54) is 19.3 Å². The third-order valence-corrected chi connectivity index (χ3v) is 5.50. The minimum atomic E-state index is 0. The smallest absolute Gasteiger partial charge is 0.213 e. The van der Waals surface area contributed by atoms with Crippen LogP contribution >= 0.6 is 24.0 Å². The molecule has 2 heterocycles. The lowest BCUT2D eigenvalue weighted by atomic mass is 10.2. The van der Waals surface area contributed by atoms with Crippen LogP contribution in [0.5, 0.6) is 5.88 Å². The second-order valence-electron chi connectivity index (χ2n) is 7.54. The van der Waals surface area contributed by atoms with Gasteiger partial charge in [-0.15, -0.1) is 24.0 Å². The Morgan fingerprint density at radius 2 is 2.07 bits per heavy atom. The van der Waals surface area contributed by atoms with E-state index in [1.54, 1.807) is 0 Å².